The fourth-order valence-corrected chi connectivity index (χ4v) is 1.56. The van der Waals surface area contributed by atoms with Gasteiger partial charge in [-0.15, -0.1) is 0 Å². The van der Waals surface area contributed by atoms with E-state index in [2.05, 4.69) is 25.9 Å². The zero-order valence-electron chi connectivity index (χ0n) is 11.9. The van der Waals surface area contributed by atoms with E-state index < -0.39 is 4.92 Å². The molecule has 0 saturated heterocycles. The van der Waals surface area contributed by atoms with Gasteiger partial charge in [-0.1, -0.05) is 0 Å². The topological polar surface area (TPSA) is 122 Å². The summed E-state index contributed by atoms with van der Waals surface area (Å²) in [5.41, 5.74) is -0.0116. The summed E-state index contributed by atoms with van der Waals surface area (Å²) in [5, 5.41) is 19.1. The van der Waals surface area contributed by atoms with Gasteiger partial charge in [0.15, 0.2) is 0 Å². The Balaban J connectivity index is 2.95. The summed E-state index contributed by atoms with van der Waals surface area (Å²) < 4.78 is 0. The van der Waals surface area contributed by atoms with Crippen molar-refractivity contribution in [2.75, 3.05) is 24.2 Å². The molecule has 0 aliphatic rings. The standard InChI is InChI=1S/C11H18N6O3/c1-6(2)14-8(18)5-13-10-9(17(19)20)7(3)15-11(12-4)16-10/h6H,5H2,1-4H3,(H,14,18)(H2,12,13,15,16). The second kappa shape index (κ2) is 6.64. The first-order chi connectivity index (χ1) is 9.35. The quantitative estimate of drug-likeness (QED) is 0.517. The van der Waals surface area contributed by atoms with Gasteiger partial charge in [-0.05, 0) is 20.8 Å². The monoisotopic (exact) mass is 282 g/mol. The maximum absolute atomic E-state index is 11.5. The summed E-state index contributed by atoms with van der Waals surface area (Å²) in [6.07, 6.45) is 0. The van der Waals surface area contributed by atoms with E-state index in [1.807, 2.05) is 13.8 Å². The van der Waals surface area contributed by atoms with Crippen molar-refractivity contribution in [1.29, 1.82) is 0 Å². The van der Waals surface area contributed by atoms with Crippen molar-refractivity contribution in [1.82, 2.24) is 15.3 Å². The molecule has 0 aliphatic heterocycles. The van der Waals surface area contributed by atoms with E-state index in [9.17, 15) is 14.9 Å². The first-order valence-electron chi connectivity index (χ1n) is 6.09. The van der Waals surface area contributed by atoms with E-state index in [4.69, 9.17) is 0 Å². The lowest BCUT2D eigenvalue weighted by molar-refractivity contribution is -0.385. The van der Waals surface area contributed by atoms with Crippen LogP contribution in [0, 0.1) is 17.0 Å². The minimum absolute atomic E-state index is 0.000657. The third-order valence-electron chi connectivity index (χ3n) is 2.33. The van der Waals surface area contributed by atoms with Crippen molar-refractivity contribution in [3.05, 3.63) is 15.8 Å². The van der Waals surface area contributed by atoms with E-state index in [0.717, 1.165) is 0 Å². The van der Waals surface area contributed by atoms with Crippen molar-refractivity contribution >= 4 is 23.4 Å². The number of aryl methyl sites for hydroxylation is 1. The summed E-state index contributed by atoms with van der Waals surface area (Å²) in [5.74, 6) is 0.00203. The fraction of sp³-hybridized carbons (Fsp3) is 0.545. The lowest BCUT2D eigenvalue weighted by Gasteiger charge is -2.11. The second-order valence-corrected chi connectivity index (χ2v) is 4.41. The number of rotatable bonds is 6. The molecule has 1 amide bonds. The van der Waals surface area contributed by atoms with Crippen LogP contribution in [0.2, 0.25) is 0 Å². The van der Waals surface area contributed by atoms with E-state index in [1.165, 1.54) is 6.92 Å². The Kier molecular flexibility index (Phi) is 5.18. The molecule has 0 aliphatic carbocycles. The van der Waals surface area contributed by atoms with Gasteiger partial charge in [-0.25, -0.2) is 4.98 Å². The zero-order valence-corrected chi connectivity index (χ0v) is 11.9. The minimum atomic E-state index is -0.572. The molecule has 0 aromatic carbocycles. The number of hydrogen-bond acceptors (Lipinski definition) is 7. The average molecular weight is 282 g/mol. The summed E-state index contributed by atoms with van der Waals surface area (Å²) in [4.78, 5) is 29.9. The molecule has 9 heteroatoms. The van der Waals surface area contributed by atoms with E-state index in [0.29, 0.717) is 0 Å². The first kappa shape index (κ1) is 15.6. The molecular formula is C11H18N6O3. The highest BCUT2D eigenvalue weighted by molar-refractivity contribution is 5.81. The number of nitro groups is 1. The lowest BCUT2D eigenvalue weighted by Crippen LogP contribution is -2.35. The third-order valence-corrected chi connectivity index (χ3v) is 2.33. The molecule has 0 radical (unpaired) electrons. The molecule has 0 fully saturated rings. The molecule has 20 heavy (non-hydrogen) atoms. The Bertz CT molecular complexity index is 517. The molecule has 0 spiro atoms. The molecule has 1 aromatic heterocycles. The predicted molar refractivity (Wildman–Crippen MR) is 74.7 cm³/mol. The van der Waals surface area contributed by atoms with Gasteiger partial charge in [0.05, 0.1) is 11.5 Å². The molecule has 0 bridgehead atoms. The zero-order chi connectivity index (χ0) is 15.3. The van der Waals surface area contributed by atoms with Crippen LogP contribution in [0.5, 0.6) is 0 Å². The van der Waals surface area contributed by atoms with Gasteiger partial charge in [0.2, 0.25) is 17.7 Å². The maximum Gasteiger partial charge on any atom is 0.332 e. The van der Waals surface area contributed by atoms with Crippen LogP contribution in [0.1, 0.15) is 19.5 Å². The van der Waals surface area contributed by atoms with Crippen LogP contribution in [0.25, 0.3) is 0 Å². The number of amides is 1. The molecule has 1 aromatic rings. The van der Waals surface area contributed by atoms with Crippen molar-refractivity contribution < 1.29 is 9.72 Å². The van der Waals surface area contributed by atoms with Crippen LogP contribution in [0.3, 0.4) is 0 Å². The third kappa shape index (κ3) is 4.04. The molecule has 0 atom stereocenters. The number of hydrogen-bond donors (Lipinski definition) is 3. The van der Waals surface area contributed by atoms with E-state index in [1.54, 1.807) is 7.05 Å². The SMILES string of the molecule is CNc1nc(C)c([N+](=O)[O-])c(NCC(=O)NC(C)C)n1. The number of nitrogens with one attached hydrogen (secondary N) is 3. The Morgan fingerprint density at radius 2 is 2.05 bits per heavy atom. The fourth-order valence-electron chi connectivity index (χ4n) is 1.56. The van der Waals surface area contributed by atoms with Crippen LogP contribution >= 0.6 is 0 Å². The molecular weight excluding hydrogens is 264 g/mol. The largest absolute Gasteiger partial charge is 0.357 e. The summed E-state index contributed by atoms with van der Waals surface area (Å²) >= 11 is 0. The van der Waals surface area contributed by atoms with Crippen molar-refractivity contribution in [2.24, 2.45) is 0 Å². The highest BCUT2D eigenvalue weighted by Crippen LogP contribution is 2.26. The Morgan fingerprint density at radius 3 is 2.55 bits per heavy atom. The number of aromatic nitrogens is 2. The van der Waals surface area contributed by atoms with Gasteiger partial charge in [-0.3, -0.25) is 14.9 Å². The minimum Gasteiger partial charge on any atom is -0.357 e. The predicted octanol–water partition coefficient (Wildman–Crippen LogP) is 0.671. The van der Waals surface area contributed by atoms with Crippen LogP contribution in [-0.2, 0) is 4.79 Å². The van der Waals surface area contributed by atoms with E-state index >= 15 is 0 Å². The number of nitrogens with zero attached hydrogens (tertiary/aromatic N) is 3. The van der Waals surface area contributed by atoms with Crippen molar-refractivity contribution in [3.63, 3.8) is 0 Å². The van der Waals surface area contributed by atoms with Crippen LogP contribution in [-0.4, -0.2) is 40.4 Å². The summed E-state index contributed by atoms with van der Waals surface area (Å²) in [7, 11) is 1.61. The first-order valence-corrected chi connectivity index (χ1v) is 6.09. The number of carbonyl (C=O) groups excluding carboxylic acids is 1. The van der Waals surface area contributed by atoms with Gasteiger partial charge >= 0.3 is 5.69 Å². The van der Waals surface area contributed by atoms with Gasteiger partial charge in [0, 0.05) is 13.1 Å². The van der Waals surface area contributed by atoms with E-state index in [-0.39, 0.29) is 41.6 Å². The Hall–Kier alpha value is -2.45. The normalized spacial score (nSPS) is 10.2. The Morgan fingerprint density at radius 1 is 1.40 bits per heavy atom. The number of carbonyl (C=O) groups is 1. The van der Waals surface area contributed by atoms with Gasteiger partial charge in [0.1, 0.15) is 5.69 Å². The second-order valence-electron chi connectivity index (χ2n) is 4.41. The van der Waals surface area contributed by atoms with Crippen LogP contribution in [0.15, 0.2) is 0 Å². The lowest BCUT2D eigenvalue weighted by atomic mass is 10.3. The van der Waals surface area contributed by atoms with Crippen molar-refractivity contribution in [2.45, 2.75) is 26.8 Å². The van der Waals surface area contributed by atoms with Gasteiger partial charge < -0.3 is 16.0 Å². The van der Waals surface area contributed by atoms with Crippen LogP contribution in [0.4, 0.5) is 17.5 Å². The molecule has 1 heterocycles. The van der Waals surface area contributed by atoms with Gasteiger partial charge in [0.25, 0.3) is 0 Å². The van der Waals surface area contributed by atoms with Crippen molar-refractivity contribution in [3.8, 4) is 0 Å². The number of anilines is 2. The van der Waals surface area contributed by atoms with Crippen LogP contribution < -0.4 is 16.0 Å². The highest BCUT2D eigenvalue weighted by Gasteiger charge is 2.22. The molecule has 3 N–H and O–H groups in total. The maximum atomic E-state index is 11.5. The Labute approximate surface area is 116 Å². The molecule has 110 valence electrons. The smallest absolute Gasteiger partial charge is 0.332 e. The molecule has 9 nitrogen and oxygen atoms in total. The average Bonchev–Trinajstić information content (AvgIpc) is 2.34. The summed E-state index contributed by atoms with van der Waals surface area (Å²) in [6.45, 7) is 5.07. The molecule has 0 saturated carbocycles. The molecule has 0 unspecified atom stereocenters. The summed E-state index contributed by atoms with van der Waals surface area (Å²) in [6, 6.07) is -0.000657. The molecule has 1 rings (SSSR count). The highest BCUT2D eigenvalue weighted by atomic mass is 16.6. The van der Waals surface area contributed by atoms with Gasteiger partial charge in [-0.2, -0.15) is 4.98 Å².